The van der Waals surface area contributed by atoms with Crippen molar-refractivity contribution in [2.75, 3.05) is 11.9 Å². The topological polar surface area (TPSA) is 84.6 Å². The van der Waals surface area contributed by atoms with Crippen LogP contribution in [-0.2, 0) is 4.74 Å². The summed E-state index contributed by atoms with van der Waals surface area (Å²) < 4.78 is 5.10. The molecule has 0 atom stereocenters. The third-order valence-electron chi connectivity index (χ3n) is 2.10. The number of benzene rings is 1. The molecule has 0 bridgehead atoms. The van der Waals surface area contributed by atoms with Crippen LogP contribution in [0.5, 0.6) is 5.75 Å². The van der Waals surface area contributed by atoms with Gasteiger partial charge in [-0.25, -0.2) is 4.79 Å². The summed E-state index contributed by atoms with van der Waals surface area (Å²) in [6.07, 6.45) is 2.96. The van der Waals surface area contributed by atoms with Crippen molar-refractivity contribution >= 4 is 17.9 Å². The first-order valence-electron chi connectivity index (χ1n) is 6.01. The van der Waals surface area contributed by atoms with Gasteiger partial charge in [0.05, 0.1) is 5.69 Å². The highest BCUT2D eigenvalue weighted by Gasteiger charge is 2.17. The van der Waals surface area contributed by atoms with Crippen LogP contribution in [0.1, 0.15) is 26.3 Å². The minimum atomic E-state index is -0.604. The molecule has 4 N–H and O–H groups in total. The van der Waals surface area contributed by atoms with Crippen molar-refractivity contribution in [3.8, 4) is 5.75 Å². The molecule has 0 saturated heterocycles. The van der Waals surface area contributed by atoms with E-state index in [1.54, 1.807) is 51.1 Å². The van der Waals surface area contributed by atoms with Crippen molar-refractivity contribution in [2.24, 2.45) is 5.73 Å². The number of hydrogen-bond acceptors (Lipinski definition) is 4. The monoisotopic (exact) mass is 264 g/mol. The number of carbonyl (C=O) groups excluding carboxylic acids is 1. The van der Waals surface area contributed by atoms with Crippen molar-refractivity contribution in [3.05, 3.63) is 29.8 Å². The summed E-state index contributed by atoms with van der Waals surface area (Å²) in [6, 6.07) is 4.91. The van der Waals surface area contributed by atoms with Gasteiger partial charge in [-0.1, -0.05) is 18.2 Å². The Balaban J connectivity index is 2.75. The molecule has 19 heavy (non-hydrogen) atoms. The van der Waals surface area contributed by atoms with E-state index in [2.05, 4.69) is 5.32 Å². The molecule has 0 radical (unpaired) electrons. The Morgan fingerprint density at radius 2 is 2.16 bits per heavy atom. The number of phenols is 1. The van der Waals surface area contributed by atoms with Crippen LogP contribution < -0.4 is 11.1 Å². The molecule has 0 saturated carbocycles. The summed E-state index contributed by atoms with van der Waals surface area (Å²) >= 11 is 0. The van der Waals surface area contributed by atoms with Crippen LogP contribution in [0.4, 0.5) is 10.5 Å². The van der Waals surface area contributed by atoms with E-state index in [0.717, 1.165) is 5.56 Å². The number of aromatic hydroxyl groups is 1. The van der Waals surface area contributed by atoms with Gasteiger partial charge in [0.15, 0.2) is 0 Å². The van der Waals surface area contributed by atoms with E-state index in [1.807, 2.05) is 0 Å². The van der Waals surface area contributed by atoms with Crippen molar-refractivity contribution in [1.29, 1.82) is 0 Å². The molecule has 0 aliphatic carbocycles. The molecule has 0 aliphatic heterocycles. The van der Waals surface area contributed by atoms with Crippen LogP contribution in [0.3, 0.4) is 0 Å². The highest BCUT2D eigenvalue weighted by atomic mass is 16.6. The molecule has 1 rings (SSSR count). The van der Waals surface area contributed by atoms with E-state index in [9.17, 15) is 9.90 Å². The molecule has 0 aliphatic rings. The van der Waals surface area contributed by atoms with Crippen molar-refractivity contribution < 1.29 is 14.6 Å². The predicted octanol–water partition coefficient (Wildman–Crippen LogP) is 2.71. The van der Waals surface area contributed by atoms with E-state index in [0.29, 0.717) is 12.2 Å². The number of hydrogen-bond donors (Lipinski definition) is 3. The molecule has 1 amide bonds. The Bertz CT molecular complexity index is 476. The molecule has 1 aromatic carbocycles. The Morgan fingerprint density at radius 1 is 1.47 bits per heavy atom. The molecule has 0 heterocycles. The maximum atomic E-state index is 11.6. The summed E-state index contributed by atoms with van der Waals surface area (Å²) in [7, 11) is 0. The quantitative estimate of drug-likeness (QED) is 0.733. The number of amides is 1. The number of carbonyl (C=O) groups is 1. The van der Waals surface area contributed by atoms with Gasteiger partial charge in [0.25, 0.3) is 0 Å². The number of rotatable bonds is 3. The van der Waals surface area contributed by atoms with Gasteiger partial charge < -0.3 is 15.6 Å². The van der Waals surface area contributed by atoms with E-state index >= 15 is 0 Å². The zero-order valence-corrected chi connectivity index (χ0v) is 11.4. The minimum absolute atomic E-state index is 0.0231. The van der Waals surface area contributed by atoms with Crippen LogP contribution in [0.25, 0.3) is 6.08 Å². The second kappa shape index (κ2) is 6.24. The first-order chi connectivity index (χ1) is 8.81. The highest BCUT2D eigenvalue weighted by molar-refractivity contribution is 5.87. The zero-order valence-electron chi connectivity index (χ0n) is 11.4. The number of anilines is 1. The number of ether oxygens (including phenoxy) is 1. The lowest BCUT2D eigenvalue weighted by Crippen LogP contribution is -2.27. The predicted molar refractivity (Wildman–Crippen MR) is 76.1 cm³/mol. The fraction of sp³-hybridized carbons (Fsp3) is 0.357. The largest absolute Gasteiger partial charge is 0.506 e. The van der Waals surface area contributed by atoms with E-state index in [-0.39, 0.29) is 5.75 Å². The molecule has 104 valence electrons. The van der Waals surface area contributed by atoms with Crippen LogP contribution in [-0.4, -0.2) is 23.3 Å². The molecule has 1 aromatic rings. The summed E-state index contributed by atoms with van der Waals surface area (Å²) in [6.45, 7) is 5.74. The Hall–Kier alpha value is -2.01. The van der Waals surface area contributed by atoms with Gasteiger partial charge in [-0.15, -0.1) is 0 Å². The van der Waals surface area contributed by atoms with Gasteiger partial charge in [-0.2, -0.15) is 0 Å². The second-order valence-corrected chi connectivity index (χ2v) is 5.04. The van der Waals surface area contributed by atoms with Gasteiger partial charge in [0, 0.05) is 6.54 Å². The lowest BCUT2D eigenvalue weighted by Gasteiger charge is -2.20. The lowest BCUT2D eigenvalue weighted by atomic mass is 10.1. The van der Waals surface area contributed by atoms with E-state index < -0.39 is 11.7 Å². The molecule has 5 heteroatoms. The molecular weight excluding hydrogens is 244 g/mol. The first kappa shape index (κ1) is 15.0. The second-order valence-electron chi connectivity index (χ2n) is 5.04. The number of phenolic OH excluding ortho intramolecular Hbond substituents is 1. The van der Waals surface area contributed by atoms with Crippen LogP contribution in [0, 0.1) is 0 Å². The summed E-state index contributed by atoms with van der Waals surface area (Å²) in [5.74, 6) is -0.0231. The smallest absolute Gasteiger partial charge is 0.412 e. The van der Waals surface area contributed by atoms with Gasteiger partial charge >= 0.3 is 6.09 Å². The average Bonchev–Trinajstić information content (AvgIpc) is 2.27. The van der Waals surface area contributed by atoms with Crippen LogP contribution in [0.15, 0.2) is 24.3 Å². The standard InChI is InChI=1S/C14H20N2O3/c1-14(2,3)19-13(18)16-11-7-6-10(5-4-8-15)9-12(11)17/h4-7,9,17H,8,15H2,1-3H3,(H,16,18)/b5-4+. The third kappa shape index (κ3) is 5.44. The van der Waals surface area contributed by atoms with Gasteiger partial charge in [0.2, 0.25) is 0 Å². The minimum Gasteiger partial charge on any atom is -0.506 e. The SMILES string of the molecule is CC(C)(C)OC(=O)Nc1ccc(/C=C/CN)cc1O. The lowest BCUT2D eigenvalue weighted by molar-refractivity contribution is 0.0635. The molecule has 0 fully saturated rings. The molecule has 5 nitrogen and oxygen atoms in total. The molecule has 0 unspecified atom stereocenters. The highest BCUT2D eigenvalue weighted by Crippen LogP contribution is 2.25. The maximum Gasteiger partial charge on any atom is 0.412 e. The Morgan fingerprint density at radius 3 is 2.68 bits per heavy atom. The number of nitrogens with two attached hydrogens (primary N) is 1. The van der Waals surface area contributed by atoms with Gasteiger partial charge in [-0.3, -0.25) is 5.32 Å². The summed E-state index contributed by atoms with van der Waals surface area (Å²) in [5, 5.41) is 12.3. The van der Waals surface area contributed by atoms with Crippen LogP contribution >= 0.6 is 0 Å². The summed E-state index contributed by atoms with van der Waals surface area (Å²) in [4.78, 5) is 11.6. The van der Waals surface area contributed by atoms with Crippen LogP contribution in [0.2, 0.25) is 0 Å². The normalized spacial score (nSPS) is 11.6. The van der Waals surface area contributed by atoms with E-state index in [4.69, 9.17) is 10.5 Å². The fourth-order valence-corrected chi connectivity index (χ4v) is 1.38. The number of nitrogens with one attached hydrogen (secondary N) is 1. The fourth-order valence-electron chi connectivity index (χ4n) is 1.38. The van der Waals surface area contributed by atoms with Gasteiger partial charge in [-0.05, 0) is 38.5 Å². The van der Waals surface area contributed by atoms with Crippen molar-refractivity contribution in [3.63, 3.8) is 0 Å². The third-order valence-corrected chi connectivity index (χ3v) is 2.10. The van der Waals surface area contributed by atoms with Gasteiger partial charge in [0.1, 0.15) is 11.4 Å². The van der Waals surface area contributed by atoms with E-state index in [1.165, 1.54) is 0 Å². The Labute approximate surface area is 113 Å². The molecule has 0 spiro atoms. The molecule has 0 aromatic heterocycles. The Kier molecular flexibility index (Phi) is 4.94. The first-order valence-corrected chi connectivity index (χ1v) is 6.01. The van der Waals surface area contributed by atoms with Crippen molar-refractivity contribution in [1.82, 2.24) is 0 Å². The summed E-state index contributed by atoms with van der Waals surface area (Å²) in [5.41, 5.74) is 5.87. The molecular formula is C14H20N2O3. The zero-order chi connectivity index (χ0) is 14.5. The maximum absolute atomic E-state index is 11.6. The average molecular weight is 264 g/mol. The van der Waals surface area contributed by atoms with Crippen molar-refractivity contribution in [2.45, 2.75) is 26.4 Å².